The summed E-state index contributed by atoms with van der Waals surface area (Å²) in [4.78, 5) is 103. The summed E-state index contributed by atoms with van der Waals surface area (Å²) in [5.74, 6) is -2.57. The van der Waals surface area contributed by atoms with Gasteiger partial charge >= 0.3 is 53.8 Å². The van der Waals surface area contributed by atoms with E-state index in [1.54, 1.807) is 26.8 Å². The maximum atomic E-state index is 11.8. The molecule has 1 N–H and O–H groups in total. The zero-order valence-electron chi connectivity index (χ0n) is 57.1. The SMILES string of the molecule is C=C(C)C(=O)OCCOC(=O)C(C)(C)CC.C=CC(=O)OC(CCCCCC)CCCCCCCCCCC(=O)OCCOC(=O)C(C)(C)CC.C=CC(=O)OCCNC(=O)OCCOC(=O)C(C)(C)CC.C=Cc1ccc(COC(=O)C(C)(C)CC)cc1. The van der Waals surface area contributed by atoms with E-state index in [2.05, 4.69) is 43.3 Å². The van der Waals surface area contributed by atoms with Gasteiger partial charge in [0.1, 0.15) is 59.0 Å². The van der Waals surface area contributed by atoms with Gasteiger partial charge in [0.2, 0.25) is 0 Å². The molecule has 0 aliphatic carbocycles. The maximum absolute atomic E-state index is 11.8. The lowest BCUT2D eigenvalue weighted by atomic mass is 9.91. The van der Waals surface area contributed by atoms with E-state index in [4.69, 9.17) is 37.9 Å². The zero-order chi connectivity index (χ0) is 68.3. The Morgan fingerprint density at radius 3 is 1.28 bits per heavy atom. The average Bonchev–Trinajstić information content (AvgIpc) is 3.72. The summed E-state index contributed by atoms with van der Waals surface area (Å²) < 4.78 is 45.3. The maximum Gasteiger partial charge on any atom is 0.407 e. The summed E-state index contributed by atoms with van der Waals surface area (Å²) in [5, 5.41) is 2.38. The van der Waals surface area contributed by atoms with Crippen LogP contribution < -0.4 is 5.32 Å². The van der Waals surface area contributed by atoms with Crippen LogP contribution in [0.2, 0.25) is 0 Å². The highest BCUT2D eigenvalue weighted by Gasteiger charge is 2.29. The lowest BCUT2D eigenvalue weighted by Gasteiger charge is -2.20. The molecule has 1 aromatic carbocycles. The second-order valence-electron chi connectivity index (χ2n) is 23.9. The van der Waals surface area contributed by atoms with Crippen molar-refractivity contribution in [2.75, 3.05) is 52.8 Å². The van der Waals surface area contributed by atoms with Crippen molar-refractivity contribution in [1.82, 2.24) is 5.32 Å². The Labute approximate surface area is 534 Å². The molecule has 19 heteroatoms. The van der Waals surface area contributed by atoms with Gasteiger partial charge in [0, 0.05) is 24.1 Å². The molecule has 0 aromatic heterocycles. The first-order chi connectivity index (χ1) is 41.9. The van der Waals surface area contributed by atoms with Gasteiger partial charge in [-0.2, -0.15) is 0 Å². The molecule has 89 heavy (non-hydrogen) atoms. The largest absolute Gasteiger partial charge is 0.462 e. The predicted molar refractivity (Wildman–Crippen MR) is 348 cm³/mol. The van der Waals surface area contributed by atoms with Crippen molar-refractivity contribution in [1.29, 1.82) is 0 Å². The Hall–Kier alpha value is -6.79. The van der Waals surface area contributed by atoms with Gasteiger partial charge in [-0.3, -0.25) is 24.0 Å². The number of carbonyl (C=O) groups excluding carboxylic acids is 9. The van der Waals surface area contributed by atoms with Gasteiger partial charge in [-0.15, -0.1) is 0 Å². The predicted octanol–water partition coefficient (Wildman–Crippen LogP) is 14.8. The van der Waals surface area contributed by atoms with E-state index in [0.29, 0.717) is 37.9 Å². The minimum Gasteiger partial charge on any atom is -0.462 e. The van der Waals surface area contributed by atoms with Crippen LogP contribution in [0.25, 0.3) is 6.08 Å². The lowest BCUT2D eigenvalue weighted by Crippen LogP contribution is -2.31. The number of unbranched alkanes of at least 4 members (excludes halogenated alkanes) is 10. The fraction of sp³-hybridized carbons (Fsp3) is 0.671. The highest BCUT2D eigenvalue weighted by molar-refractivity contribution is 5.87. The number of hydrogen-bond donors (Lipinski definition) is 1. The number of nitrogens with one attached hydrogen (secondary N) is 1. The summed E-state index contributed by atoms with van der Waals surface area (Å²) in [5.41, 5.74) is 0.460. The molecule has 0 radical (unpaired) electrons. The minimum absolute atomic E-state index is 0.00112. The monoisotopic (exact) mass is 1260 g/mol. The molecule has 1 rings (SSSR count). The van der Waals surface area contributed by atoms with E-state index in [-0.39, 0.29) is 94.7 Å². The molecule has 1 unspecified atom stereocenters. The van der Waals surface area contributed by atoms with Crippen LogP contribution in [0.1, 0.15) is 230 Å². The third-order valence-corrected chi connectivity index (χ3v) is 14.6. The number of ether oxygens (including phenoxy) is 9. The lowest BCUT2D eigenvalue weighted by molar-refractivity contribution is -0.159. The molecule has 508 valence electrons. The van der Waals surface area contributed by atoms with Crippen LogP contribution in [0.3, 0.4) is 0 Å². The molecule has 0 fully saturated rings. The molecule has 0 aliphatic rings. The van der Waals surface area contributed by atoms with Crippen molar-refractivity contribution in [2.45, 2.75) is 232 Å². The highest BCUT2D eigenvalue weighted by Crippen LogP contribution is 2.25. The topological polar surface area (TPSA) is 249 Å². The van der Waals surface area contributed by atoms with E-state index in [1.807, 2.05) is 93.5 Å². The second kappa shape index (κ2) is 51.0. The van der Waals surface area contributed by atoms with Crippen LogP contribution in [-0.4, -0.2) is 113 Å². The van der Waals surface area contributed by atoms with Crippen molar-refractivity contribution in [3.8, 4) is 0 Å². The van der Waals surface area contributed by atoms with Gasteiger partial charge in [-0.25, -0.2) is 19.2 Å². The first-order valence-electron chi connectivity index (χ1n) is 31.8. The number of rotatable bonds is 43. The summed E-state index contributed by atoms with van der Waals surface area (Å²) >= 11 is 0. The summed E-state index contributed by atoms with van der Waals surface area (Å²) in [6.45, 7) is 40.9. The molecule has 1 amide bonds. The Balaban J connectivity index is -0.00000117. The van der Waals surface area contributed by atoms with Gasteiger partial charge < -0.3 is 47.9 Å². The smallest absolute Gasteiger partial charge is 0.407 e. The molecular weight excluding hydrogens is 1140 g/mol. The number of benzene rings is 1. The van der Waals surface area contributed by atoms with Crippen molar-refractivity contribution in [2.24, 2.45) is 21.7 Å². The van der Waals surface area contributed by atoms with Crippen LogP contribution in [0, 0.1) is 21.7 Å². The molecule has 1 aromatic rings. The van der Waals surface area contributed by atoms with Crippen LogP contribution in [0.15, 0.2) is 68.3 Å². The van der Waals surface area contributed by atoms with E-state index in [0.717, 1.165) is 75.0 Å². The Bertz CT molecular complexity index is 2250. The highest BCUT2D eigenvalue weighted by atomic mass is 16.6. The van der Waals surface area contributed by atoms with Crippen LogP contribution in [0.5, 0.6) is 0 Å². The summed E-state index contributed by atoms with van der Waals surface area (Å²) in [6, 6.07) is 7.81. The van der Waals surface area contributed by atoms with Crippen LogP contribution >= 0.6 is 0 Å². The van der Waals surface area contributed by atoms with Gasteiger partial charge in [0.05, 0.1) is 28.2 Å². The molecule has 0 bridgehead atoms. The van der Waals surface area contributed by atoms with Gasteiger partial charge in [0.15, 0.2) is 0 Å². The summed E-state index contributed by atoms with van der Waals surface area (Å²) in [7, 11) is 0. The standard InChI is InChI=1S/C29H52O6.C15H20O2.C14H23NO6.C12H20O4/c1-6-9-10-17-20-25(35-26(30)7-2)21-18-15-13-11-12-14-16-19-22-27(31)33-23-24-34-28(32)29(4,5)8-3;1-5-12-7-9-13(10-8-12)11-17-14(16)15(3,4)6-2;1-5-11(16)19-8-7-15-13(18)21-10-9-20-12(17)14(3,4)6-2;1-6-12(4,5)11(14)16-8-7-15-10(13)9(2)3/h7,25H,2,6,8-24H2,1,3-5H3;5,7-10H,1,6,11H2,2-4H3;5H,1,6-10H2,2-4H3,(H,15,18);2,6-8H2,1,3-5H3. The molecule has 0 saturated carbocycles. The molecule has 19 nitrogen and oxygen atoms in total. The van der Waals surface area contributed by atoms with Crippen molar-refractivity contribution in [3.05, 3.63) is 79.4 Å². The number of esters is 8. The van der Waals surface area contributed by atoms with Gasteiger partial charge in [-0.1, -0.05) is 149 Å². The van der Waals surface area contributed by atoms with Gasteiger partial charge in [0.25, 0.3) is 0 Å². The first-order valence-corrected chi connectivity index (χ1v) is 31.8. The van der Waals surface area contributed by atoms with Crippen molar-refractivity contribution >= 4 is 59.9 Å². The normalized spacial score (nSPS) is 11.3. The Morgan fingerprint density at radius 2 is 0.865 bits per heavy atom. The molecular formula is C70H115NO18. The number of carbonyl (C=O) groups is 9. The molecule has 0 saturated heterocycles. The van der Waals surface area contributed by atoms with E-state index in [9.17, 15) is 43.2 Å². The fourth-order valence-electron chi connectivity index (χ4n) is 6.67. The summed E-state index contributed by atoms with van der Waals surface area (Å²) in [6.07, 6.45) is 22.1. The Kier molecular flexibility index (Phi) is 49.5. The third-order valence-electron chi connectivity index (χ3n) is 14.6. The van der Waals surface area contributed by atoms with Crippen molar-refractivity contribution < 1.29 is 85.8 Å². The van der Waals surface area contributed by atoms with E-state index >= 15 is 0 Å². The minimum atomic E-state index is -0.671. The third kappa shape index (κ3) is 46.0. The molecule has 0 aliphatic heterocycles. The second-order valence-corrected chi connectivity index (χ2v) is 23.9. The zero-order valence-corrected chi connectivity index (χ0v) is 57.1. The first kappa shape index (κ1) is 86.4. The number of amides is 1. The Morgan fingerprint density at radius 1 is 0.472 bits per heavy atom. The fourth-order valence-corrected chi connectivity index (χ4v) is 6.67. The molecule has 1 atom stereocenters. The van der Waals surface area contributed by atoms with Crippen LogP contribution in [-0.2, 0) is 87.6 Å². The van der Waals surface area contributed by atoms with E-state index < -0.39 is 39.7 Å². The van der Waals surface area contributed by atoms with Crippen LogP contribution in [0.4, 0.5) is 4.79 Å². The van der Waals surface area contributed by atoms with E-state index in [1.165, 1.54) is 44.6 Å². The van der Waals surface area contributed by atoms with Gasteiger partial charge in [-0.05, 0) is 131 Å². The quantitative estimate of drug-likeness (QED) is 0.0276. The van der Waals surface area contributed by atoms with Crippen molar-refractivity contribution in [3.63, 3.8) is 0 Å². The number of hydrogen-bond acceptors (Lipinski definition) is 18. The number of alkyl carbamates (subject to hydrolysis) is 1. The molecule has 0 heterocycles. The average molecular weight is 1260 g/mol. The molecule has 0 spiro atoms.